The molecular weight excluding hydrogens is 328 g/mol. The van der Waals surface area contributed by atoms with E-state index in [1.165, 1.54) is 41.6 Å². The molecule has 1 fully saturated rings. The number of carbonyl (C=O) groups is 2. The van der Waals surface area contributed by atoms with Crippen LogP contribution in [0.4, 0.5) is 0 Å². The van der Waals surface area contributed by atoms with Crippen LogP contribution in [0.5, 0.6) is 0 Å². The van der Waals surface area contributed by atoms with E-state index in [2.05, 4.69) is 11.7 Å². The van der Waals surface area contributed by atoms with Crippen molar-refractivity contribution in [3.63, 3.8) is 0 Å². The fourth-order valence-electron chi connectivity index (χ4n) is 2.78. The van der Waals surface area contributed by atoms with Crippen LogP contribution in [0.3, 0.4) is 0 Å². The molecule has 1 saturated heterocycles. The summed E-state index contributed by atoms with van der Waals surface area (Å²) >= 11 is 2.43. The smallest absolute Gasteiger partial charge is 0.354 e. The minimum Gasteiger partial charge on any atom is -0.477 e. The second-order valence-corrected chi connectivity index (χ2v) is 7.49. The highest BCUT2D eigenvalue weighted by atomic mass is 32.2. The molecule has 0 aromatic heterocycles. The minimum absolute atomic E-state index is 0.0786. The van der Waals surface area contributed by atoms with E-state index in [0.717, 1.165) is 0 Å². The maximum Gasteiger partial charge on any atom is 0.354 e. The van der Waals surface area contributed by atoms with E-state index in [1.807, 2.05) is 0 Å². The van der Waals surface area contributed by atoms with Gasteiger partial charge in [-0.2, -0.15) is 0 Å². The summed E-state index contributed by atoms with van der Waals surface area (Å²) in [6, 6.07) is 0. The molecule has 0 aromatic carbocycles. The van der Waals surface area contributed by atoms with Gasteiger partial charge in [0.05, 0.1) is 22.5 Å². The SMILES string of the molecule is C=CC[C@]12SC(SCC=NO)=C(C(=O)O)N1C(=O)[C@@H]2C(C)O. The fraction of sp³-hybridized carbons (Fsp3) is 0.462. The van der Waals surface area contributed by atoms with Gasteiger partial charge < -0.3 is 15.4 Å². The number of fused-ring (bicyclic) bond motifs is 1. The Hall–Kier alpha value is -1.45. The monoisotopic (exact) mass is 344 g/mol. The maximum atomic E-state index is 12.3. The molecule has 2 aliphatic heterocycles. The molecular formula is C13H16N2O5S2. The first-order chi connectivity index (χ1) is 10.4. The zero-order valence-electron chi connectivity index (χ0n) is 11.8. The largest absolute Gasteiger partial charge is 0.477 e. The van der Waals surface area contributed by atoms with Crippen molar-refractivity contribution in [1.82, 2.24) is 4.90 Å². The molecule has 2 heterocycles. The molecule has 0 aliphatic carbocycles. The van der Waals surface area contributed by atoms with Crippen LogP contribution in [-0.2, 0) is 9.59 Å². The predicted molar refractivity (Wildman–Crippen MR) is 84.6 cm³/mol. The zero-order chi connectivity index (χ0) is 16.5. The molecule has 3 N–H and O–H groups in total. The van der Waals surface area contributed by atoms with Crippen LogP contribution in [0, 0.1) is 5.92 Å². The van der Waals surface area contributed by atoms with Crippen molar-refractivity contribution in [2.45, 2.75) is 24.3 Å². The second kappa shape index (κ2) is 6.35. The summed E-state index contributed by atoms with van der Waals surface area (Å²) in [4.78, 5) is 24.3. The van der Waals surface area contributed by atoms with Gasteiger partial charge in [0.25, 0.3) is 0 Å². The van der Waals surface area contributed by atoms with Crippen molar-refractivity contribution in [1.29, 1.82) is 0 Å². The van der Waals surface area contributed by atoms with Gasteiger partial charge in [0.15, 0.2) is 5.70 Å². The third kappa shape index (κ3) is 2.42. The van der Waals surface area contributed by atoms with E-state index in [0.29, 0.717) is 10.7 Å². The number of carbonyl (C=O) groups excluding carboxylic acids is 1. The van der Waals surface area contributed by atoms with Gasteiger partial charge in [-0.1, -0.05) is 17.8 Å². The summed E-state index contributed by atoms with van der Waals surface area (Å²) in [6.45, 7) is 5.19. The Morgan fingerprint density at radius 2 is 2.36 bits per heavy atom. The van der Waals surface area contributed by atoms with Crippen molar-refractivity contribution in [3.05, 3.63) is 22.6 Å². The number of aliphatic carboxylic acids is 1. The van der Waals surface area contributed by atoms with Gasteiger partial charge in [0, 0.05) is 5.75 Å². The Bertz CT molecular complexity index is 575. The predicted octanol–water partition coefficient (Wildman–Crippen LogP) is 1.29. The van der Waals surface area contributed by atoms with Crippen LogP contribution >= 0.6 is 23.5 Å². The average Bonchev–Trinajstić information content (AvgIpc) is 2.69. The highest BCUT2D eigenvalue weighted by molar-refractivity contribution is 8.23. The second-order valence-electron chi connectivity index (χ2n) is 4.88. The number of aliphatic hydroxyl groups is 1. The van der Waals surface area contributed by atoms with Crippen LogP contribution in [-0.4, -0.2) is 55.1 Å². The molecule has 22 heavy (non-hydrogen) atoms. The standard InChI is InChI=1S/C13H16N2O5S2/c1-3-4-13-8(7(2)16)10(17)15(13)9(11(18)19)12(22-13)21-6-5-14-20/h3,5,7-8,16,20H,1,4,6H2,2H3,(H,18,19)/t7?,8-,13+/m0/s1. The lowest BCUT2D eigenvalue weighted by atomic mass is 9.80. The van der Waals surface area contributed by atoms with Gasteiger partial charge >= 0.3 is 5.97 Å². The number of β-lactam (4-membered cyclic amide) rings is 1. The lowest BCUT2D eigenvalue weighted by Crippen LogP contribution is -2.69. The molecule has 2 rings (SSSR count). The Labute approximate surface area is 135 Å². The molecule has 0 bridgehead atoms. The number of amides is 1. The van der Waals surface area contributed by atoms with E-state index >= 15 is 0 Å². The summed E-state index contributed by atoms with van der Waals surface area (Å²) in [5.41, 5.74) is -0.0786. The Kier molecular flexibility index (Phi) is 4.88. The third-order valence-corrected chi connectivity index (χ3v) is 6.24. The zero-order valence-corrected chi connectivity index (χ0v) is 13.4. The van der Waals surface area contributed by atoms with Gasteiger partial charge in [-0.05, 0) is 13.3 Å². The number of carboxylic acids is 1. The first-order valence-electron chi connectivity index (χ1n) is 6.49. The van der Waals surface area contributed by atoms with Crippen LogP contribution < -0.4 is 0 Å². The molecule has 0 saturated carbocycles. The van der Waals surface area contributed by atoms with E-state index in [4.69, 9.17) is 5.21 Å². The normalized spacial score (nSPS) is 28.7. The lowest BCUT2D eigenvalue weighted by Gasteiger charge is -2.54. The molecule has 3 atom stereocenters. The van der Waals surface area contributed by atoms with Crippen LogP contribution in [0.2, 0.25) is 0 Å². The van der Waals surface area contributed by atoms with Crippen molar-refractivity contribution >= 4 is 41.6 Å². The van der Waals surface area contributed by atoms with Gasteiger partial charge in [-0.3, -0.25) is 9.69 Å². The van der Waals surface area contributed by atoms with E-state index in [1.54, 1.807) is 6.08 Å². The minimum atomic E-state index is -1.20. The topological polar surface area (TPSA) is 110 Å². The van der Waals surface area contributed by atoms with Crippen molar-refractivity contribution in [2.75, 3.05) is 5.75 Å². The third-order valence-electron chi connectivity index (χ3n) is 3.53. The Morgan fingerprint density at radius 3 is 2.86 bits per heavy atom. The van der Waals surface area contributed by atoms with Crippen LogP contribution in [0.15, 0.2) is 27.7 Å². The number of hydrogen-bond acceptors (Lipinski definition) is 7. The van der Waals surface area contributed by atoms with Gasteiger partial charge in [-0.25, -0.2) is 4.79 Å². The van der Waals surface area contributed by atoms with Crippen molar-refractivity contribution in [3.8, 4) is 0 Å². The molecule has 0 aromatic rings. The first kappa shape index (κ1) is 16.9. The summed E-state index contributed by atoms with van der Waals surface area (Å²) in [5, 5.41) is 30.6. The maximum absolute atomic E-state index is 12.3. The molecule has 1 amide bonds. The highest BCUT2D eigenvalue weighted by Gasteiger charge is 2.67. The highest BCUT2D eigenvalue weighted by Crippen LogP contribution is 2.62. The van der Waals surface area contributed by atoms with Gasteiger partial charge in [0.2, 0.25) is 5.91 Å². The number of oxime groups is 1. The molecule has 7 nitrogen and oxygen atoms in total. The number of carboxylic acid groups (broad SMARTS) is 1. The van der Waals surface area contributed by atoms with Crippen LogP contribution in [0.25, 0.3) is 0 Å². The van der Waals surface area contributed by atoms with Crippen molar-refractivity contribution in [2.24, 2.45) is 11.1 Å². The lowest BCUT2D eigenvalue weighted by molar-refractivity contribution is -0.166. The quantitative estimate of drug-likeness (QED) is 0.210. The molecule has 120 valence electrons. The van der Waals surface area contributed by atoms with Gasteiger partial charge in [0.1, 0.15) is 4.87 Å². The summed E-state index contributed by atoms with van der Waals surface area (Å²) in [5.74, 6) is -1.98. The number of nitrogens with zero attached hydrogens (tertiary/aromatic N) is 2. The summed E-state index contributed by atoms with van der Waals surface area (Å²) in [7, 11) is 0. The van der Waals surface area contributed by atoms with Gasteiger partial charge in [-0.15, -0.1) is 23.5 Å². The molecule has 1 unspecified atom stereocenters. The molecule has 2 aliphatic rings. The number of hydrogen-bond donors (Lipinski definition) is 3. The van der Waals surface area contributed by atoms with E-state index in [9.17, 15) is 19.8 Å². The number of thioether (sulfide) groups is 2. The number of aliphatic hydroxyl groups excluding tert-OH is 1. The van der Waals surface area contributed by atoms with Crippen LogP contribution in [0.1, 0.15) is 13.3 Å². The Balaban J connectivity index is 2.38. The fourth-order valence-corrected chi connectivity index (χ4v) is 5.75. The molecule has 0 radical (unpaired) electrons. The number of rotatable bonds is 7. The van der Waals surface area contributed by atoms with Crippen molar-refractivity contribution < 1.29 is 25.0 Å². The summed E-state index contributed by atoms with van der Waals surface area (Å²) < 4.78 is 0.464. The first-order valence-corrected chi connectivity index (χ1v) is 8.29. The molecule has 9 heteroatoms. The Morgan fingerprint density at radius 1 is 1.68 bits per heavy atom. The van der Waals surface area contributed by atoms with E-state index < -0.39 is 28.8 Å². The van der Waals surface area contributed by atoms with E-state index in [-0.39, 0.29) is 11.4 Å². The average molecular weight is 344 g/mol. The summed E-state index contributed by atoms with van der Waals surface area (Å²) in [6.07, 6.45) is 2.34. The molecule has 0 spiro atoms.